The van der Waals surface area contributed by atoms with Gasteiger partial charge < -0.3 is 10.2 Å². The maximum Gasteiger partial charge on any atom is 0.240 e. The molecule has 2 N–H and O–H groups in total. The topological polar surface area (TPSA) is 73.8 Å². The number of aliphatic imine (C=N–C) groups is 1. The lowest BCUT2D eigenvalue weighted by molar-refractivity contribution is 0.477. The molecule has 0 fully saturated rings. The molecule has 146 valence electrons. The number of sulfonamides is 1. The minimum Gasteiger partial charge on any atom is -0.357 e. The van der Waals surface area contributed by atoms with Crippen molar-refractivity contribution in [3.63, 3.8) is 0 Å². The van der Waals surface area contributed by atoms with Gasteiger partial charge in [-0.1, -0.05) is 35.9 Å². The Morgan fingerprint density at radius 3 is 2.48 bits per heavy atom. The Kier molecular flexibility index (Phi) is 7.65. The Bertz CT molecular complexity index is 883. The smallest absolute Gasteiger partial charge is 0.240 e. The van der Waals surface area contributed by atoms with Gasteiger partial charge in [-0.15, -0.1) is 0 Å². The molecule has 0 radical (unpaired) electrons. The van der Waals surface area contributed by atoms with E-state index in [0.29, 0.717) is 18.1 Å². The third kappa shape index (κ3) is 6.23. The van der Waals surface area contributed by atoms with Crippen molar-refractivity contribution in [2.75, 3.05) is 20.6 Å². The molecule has 0 bridgehead atoms. The van der Waals surface area contributed by atoms with Crippen molar-refractivity contribution in [2.45, 2.75) is 24.9 Å². The summed E-state index contributed by atoms with van der Waals surface area (Å²) in [6, 6.07) is 14.5. The highest BCUT2D eigenvalue weighted by atomic mass is 35.5. The molecule has 0 aliphatic rings. The summed E-state index contributed by atoms with van der Waals surface area (Å²) in [5.74, 6) is 0.745. The first-order valence-corrected chi connectivity index (χ1v) is 10.5. The maximum absolute atomic E-state index is 12.0. The number of hydrogen-bond acceptors (Lipinski definition) is 3. The van der Waals surface area contributed by atoms with Gasteiger partial charge in [0.2, 0.25) is 10.0 Å². The number of benzene rings is 2. The highest BCUT2D eigenvalue weighted by Crippen LogP contribution is 2.13. The SMILES string of the molecule is CCNC(=NCc1cccc(S(=O)(=O)NC)c1)N(C)Cc1ccc(Cl)cc1. The molecule has 6 nitrogen and oxygen atoms in total. The van der Waals surface area contributed by atoms with E-state index in [-0.39, 0.29) is 4.90 Å². The normalized spacial score (nSPS) is 12.1. The molecule has 0 aliphatic carbocycles. The fourth-order valence-corrected chi connectivity index (χ4v) is 3.43. The fraction of sp³-hybridized carbons (Fsp3) is 0.316. The summed E-state index contributed by atoms with van der Waals surface area (Å²) in [6.07, 6.45) is 0. The van der Waals surface area contributed by atoms with E-state index in [1.165, 1.54) is 7.05 Å². The highest BCUT2D eigenvalue weighted by molar-refractivity contribution is 7.89. The van der Waals surface area contributed by atoms with Crippen LogP contribution in [0.3, 0.4) is 0 Å². The molecule has 0 atom stereocenters. The van der Waals surface area contributed by atoms with E-state index >= 15 is 0 Å². The van der Waals surface area contributed by atoms with Gasteiger partial charge in [-0.2, -0.15) is 0 Å². The Morgan fingerprint density at radius 1 is 1.15 bits per heavy atom. The van der Waals surface area contributed by atoms with Gasteiger partial charge in [-0.3, -0.25) is 0 Å². The van der Waals surface area contributed by atoms with Crippen LogP contribution in [0.4, 0.5) is 0 Å². The van der Waals surface area contributed by atoms with Crippen LogP contribution < -0.4 is 10.0 Å². The van der Waals surface area contributed by atoms with Crippen molar-refractivity contribution in [2.24, 2.45) is 4.99 Å². The molecule has 0 spiro atoms. The standard InChI is InChI=1S/C19H25ClN4O2S/c1-4-22-19(24(3)14-15-8-10-17(20)11-9-15)23-13-16-6-5-7-18(12-16)27(25,26)21-2/h5-12,21H,4,13-14H2,1-3H3,(H,22,23). The van der Waals surface area contributed by atoms with Gasteiger partial charge in [0.25, 0.3) is 0 Å². The zero-order valence-electron chi connectivity index (χ0n) is 15.7. The average Bonchev–Trinajstić information content (AvgIpc) is 2.67. The predicted molar refractivity (Wildman–Crippen MR) is 110 cm³/mol. The largest absolute Gasteiger partial charge is 0.357 e. The summed E-state index contributed by atoms with van der Waals surface area (Å²) < 4.78 is 26.2. The monoisotopic (exact) mass is 408 g/mol. The average molecular weight is 409 g/mol. The number of hydrogen-bond donors (Lipinski definition) is 2. The van der Waals surface area contributed by atoms with Crippen molar-refractivity contribution in [1.82, 2.24) is 14.9 Å². The number of rotatable bonds is 7. The van der Waals surface area contributed by atoms with Crippen LogP contribution in [-0.2, 0) is 23.1 Å². The predicted octanol–water partition coefficient (Wildman–Crippen LogP) is 2.85. The number of nitrogens with one attached hydrogen (secondary N) is 2. The molecule has 0 aromatic heterocycles. The highest BCUT2D eigenvalue weighted by Gasteiger charge is 2.12. The van der Waals surface area contributed by atoms with Crippen molar-refractivity contribution >= 4 is 27.6 Å². The van der Waals surface area contributed by atoms with E-state index in [0.717, 1.165) is 23.6 Å². The first kappa shape index (κ1) is 21.2. The minimum absolute atomic E-state index is 0.234. The van der Waals surface area contributed by atoms with E-state index in [1.807, 2.05) is 49.2 Å². The summed E-state index contributed by atoms with van der Waals surface area (Å²) >= 11 is 5.94. The molecule has 2 aromatic rings. The van der Waals surface area contributed by atoms with Gasteiger partial charge in [0.05, 0.1) is 11.4 Å². The Balaban J connectivity index is 2.15. The third-order valence-electron chi connectivity index (χ3n) is 3.92. The van der Waals surface area contributed by atoms with Crippen molar-refractivity contribution in [3.05, 3.63) is 64.7 Å². The number of nitrogens with zero attached hydrogens (tertiary/aromatic N) is 2. The molecule has 0 aliphatic heterocycles. The van der Waals surface area contributed by atoms with Crippen LogP contribution in [0, 0.1) is 0 Å². The van der Waals surface area contributed by atoms with E-state index in [2.05, 4.69) is 15.0 Å². The van der Waals surface area contributed by atoms with Gasteiger partial charge in [0.1, 0.15) is 0 Å². The summed E-state index contributed by atoms with van der Waals surface area (Å²) in [5, 5.41) is 3.97. The van der Waals surface area contributed by atoms with Gasteiger partial charge in [0.15, 0.2) is 5.96 Å². The first-order chi connectivity index (χ1) is 12.9. The second-order valence-corrected chi connectivity index (χ2v) is 8.33. The zero-order valence-corrected chi connectivity index (χ0v) is 17.3. The van der Waals surface area contributed by atoms with Crippen molar-refractivity contribution in [3.8, 4) is 0 Å². The lowest BCUT2D eigenvalue weighted by atomic mass is 10.2. The number of guanidine groups is 1. The summed E-state index contributed by atoms with van der Waals surface area (Å²) in [5.41, 5.74) is 1.94. The molecule has 27 heavy (non-hydrogen) atoms. The second-order valence-electron chi connectivity index (χ2n) is 6.01. The molecule has 2 rings (SSSR count). The molecule has 0 saturated heterocycles. The van der Waals surface area contributed by atoms with Crippen LogP contribution in [0.1, 0.15) is 18.1 Å². The Morgan fingerprint density at radius 2 is 1.85 bits per heavy atom. The molecular weight excluding hydrogens is 384 g/mol. The molecule has 0 unspecified atom stereocenters. The lowest BCUT2D eigenvalue weighted by Gasteiger charge is -2.22. The fourth-order valence-electron chi connectivity index (χ4n) is 2.50. The van der Waals surface area contributed by atoms with Crippen molar-refractivity contribution < 1.29 is 8.42 Å². The van der Waals surface area contributed by atoms with E-state index < -0.39 is 10.0 Å². The first-order valence-electron chi connectivity index (χ1n) is 8.62. The Hall–Kier alpha value is -2.09. The lowest BCUT2D eigenvalue weighted by Crippen LogP contribution is -2.38. The number of halogens is 1. The molecule has 0 heterocycles. The van der Waals surface area contributed by atoms with E-state index in [9.17, 15) is 8.42 Å². The third-order valence-corrected chi connectivity index (χ3v) is 5.58. The van der Waals surface area contributed by atoms with Crippen LogP contribution in [0.5, 0.6) is 0 Å². The van der Waals surface area contributed by atoms with Gasteiger partial charge in [0, 0.05) is 25.2 Å². The molecule has 2 aromatic carbocycles. The maximum atomic E-state index is 12.0. The Labute approximate surface area is 166 Å². The quantitative estimate of drug-likeness (QED) is 0.545. The van der Waals surface area contributed by atoms with Crippen molar-refractivity contribution in [1.29, 1.82) is 0 Å². The molecule has 0 saturated carbocycles. The minimum atomic E-state index is -3.47. The van der Waals surface area contributed by atoms with Crippen LogP contribution in [-0.4, -0.2) is 39.9 Å². The zero-order chi connectivity index (χ0) is 19.9. The van der Waals surface area contributed by atoms with Gasteiger partial charge in [-0.25, -0.2) is 18.1 Å². The van der Waals surface area contributed by atoms with Crippen LogP contribution >= 0.6 is 11.6 Å². The van der Waals surface area contributed by atoms with Crippen LogP contribution in [0.25, 0.3) is 0 Å². The van der Waals surface area contributed by atoms with Gasteiger partial charge in [-0.05, 0) is 49.4 Å². The van der Waals surface area contributed by atoms with Crippen LogP contribution in [0.15, 0.2) is 58.4 Å². The summed E-state index contributed by atoms with van der Waals surface area (Å²) in [4.78, 5) is 6.88. The summed E-state index contributed by atoms with van der Waals surface area (Å²) in [6.45, 7) is 3.79. The van der Waals surface area contributed by atoms with E-state index in [4.69, 9.17) is 11.6 Å². The molecule has 8 heteroatoms. The van der Waals surface area contributed by atoms with Crippen LogP contribution in [0.2, 0.25) is 5.02 Å². The van der Waals surface area contributed by atoms with E-state index in [1.54, 1.807) is 18.2 Å². The second kappa shape index (κ2) is 9.73. The van der Waals surface area contributed by atoms with Gasteiger partial charge >= 0.3 is 0 Å². The molecular formula is C19H25ClN4O2S. The molecule has 0 amide bonds. The summed E-state index contributed by atoms with van der Waals surface area (Å²) in [7, 11) is -0.111.